The molecule has 16 heteroatoms. The van der Waals surface area contributed by atoms with Crippen LogP contribution >= 0.6 is 11.8 Å². The van der Waals surface area contributed by atoms with E-state index in [0.29, 0.717) is 57.9 Å². The highest BCUT2D eigenvalue weighted by atomic mass is 32.2. The molecule has 0 aliphatic carbocycles. The highest BCUT2D eigenvalue weighted by molar-refractivity contribution is 8.15. The van der Waals surface area contributed by atoms with Crippen molar-refractivity contribution in [1.29, 1.82) is 0 Å². The van der Waals surface area contributed by atoms with Crippen molar-refractivity contribution < 1.29 is 41.3 Å². The quantitative estimate of drug-likeness (QED) is 0.0962. The number of alkyl halides is 5. The molecule has 0 unspecified atom stereocenters. The van der Waals surface area contributed by atoms with E-state index in [0.717, 1.165) is 17.7 Å². The van der Waals surface area contributed by atoms with Crippen LogP contribution in [-0.4, -0.2) is 68.9 Å². The van der Waals surface area contributed by atoms with Crippen LogP contribution in [0.4, 0.5) is 27.6 Å². The van der Waals surface area contributed by atoms with E-state index >= 15 is 0 Å². The number of ether oxygens (including phenoxy) is 2. The van der Waals surface area contributed by atoms with Crippen LogP contribution in [0.15, 0.2) is 76.9 Å². The molecule has 0 bridgehead atoms. The minimum absolute atomic E-state index is 0.115. The number of hydrogen-bond acceptors (Lipinski definition) is 9. The number of aliphatic hydroxyl groups excluding tert-OH is 1. The summed E-state index contributed by atoms with van der Waals surface area (Å²) in [5.41, 5.74) is 3.32. The lowest BCUT2D eigenvalue weighted by molar-refractivity contribution is -0.360. The fourth-order valence-electron chi connectivity index (χ4n) is 4.80. The Bertz CT molecular complexity index is 1840. The van der Waals surface area contributed by atoms with Gasteiger partial charge in [-0.1, -0.05) is 55.9 Å². The number of anilines is 1. The van der Waals surface area contributed by atoms with Crippen molar-refractivity contribution in [3.05, 3.63) is 83.7 Å². The lowest BCUT2D eigenvalue weighted by atomic mass is 10.00. The maximum atomic E-state index is 13.3. The molecule has 0 atom stereocenters. The molecule has 1 amide bonds. The summed E-state index contributed by atoms with van der Waals surface area (Å²) in [4.78, 5) is 19.0. The topological polar surface area (TPSA) is 114 Å². The number of amidine groups is 1. The molecule has 0 radical (unpaired) electrons. The zero-order valence-electron chi connectivity index (χ0n) is 26.5. The molecule has 0 saturated carbocycles. The first kappa shape index (κ1) is 35.5. The van der Waals surface area contributed by atoms with Gasteiger partial charge in [0.1, 0.15) is 17.3 Å². The highest BCUT2D eigenvalue weighted by Gasteiger charge is 2.61. The van der Waals surface area contributed by atoms with Crippen LogP contribution in [0.3, 0.4) is 0 Å². The first-order valence-electron chi connectivity index (χ1n) is 15.0. The van der Waals surface area contributed by atoms with Crippen molar-refractivity contribution in [3.8, 4) is 28.6 Å². The summed E-state index contributed by atoms with van der Waals surface area (Å²) >= 11 is 1.29. The molecular weight excluding hydrogens is 671 g/mol. The summed E-state index contributed by atoms with van der Waals surface area (Å²) in [5.74, 6) is 0.946. The predicted molar refractivity (Wildman–Crippen MR) is 176 cm³/mol. The van der Waals surface area contributed by atoms with E-state index in [1.807, 2.05) is 32.0 Å². The van der Waals surface area contributed by atoms with Gasteiger partial charge in [-0.2, -0.15) is 27.1 Å². The predicted octanol–water partition coefficient (Wildman–Crippen LogP) is 7.00. The Morgan fingerprint density at radius 2 is 1.71 bits per heavy atom. The smallest absolute Gasteiger partial charge is 0.497 e. The van der Waals surface area contributed by atoms with Gasteiger partial charge in [-0.15, -0.1) is 10.2 Å². The molecule has 5 rings (SSSR count). The number of rotatable bonds is 12. The van der Waals surface area contributed by atoms with Crippen LogP contribution in [0.1, 0.15) is 43.1 Å². The van der Waals surface area contributed by atoms with Crippen molar-refractivity contribution in [2.75, 3.05) is 24.4 Å². The SMILES string of the molecule is COc1ccc(C(C)C)c(N2C(=O)CSC2=NN=Cc2ccc(-c3nc(CCCO)n(-c4ccc(OC(F)(F)C(F)(F)F)cc4)n3)cc2)c1. The fourth-order valence-corrected chi connectivity index (χ4v) is 5.62. The van der Waals surface area contributed by atoms with Gasteiger partial charge in [0, 0.05) is 24.7 Å². The molecule has 1 fully saturated rings. The lowest BCUT2D eigenvalue weighted by Gasteiger charge is -2.22. The van der Waals surface area contributed by atoms with Gasteiger partial charge in [0.2, 0.25) is 5.91 Å². The highest BCUT2D eigenvalue weighted by Crippen LogP contribution is 2.38. The fraction of sp³-hybridized carbons (Fsp3) is 0.303. The van der Waals surface area contributed by atoms with E-state index < -0.39 is 18.0 Å². The van der Waals surface area contributed by atoms with Gasteiger partial charge < -0.3 is 14.6 Å². The lowest BCUT2D eigenvalue weighted by Crippen LogP contribution is -2.41. The van der Waals surface area contributed by atoms with E-state index in [1.165, 1.54) is 34.8 Å². The number of aryl methyl sites for hydroxylation is 1. The Balaban J connectivity index is 1.34. The van der Waals surface area contributed by atoms with Crippen molar-refractivity contribution >= 4 is 34.7 Å². The van der Waals surface area contributed by atoms with E-state index in [1.54, 1.807) is 36.3 Å². The van der Waals surface area contributed by atoms with Crippen LogP contribution in [0, 0.1) is 0 Å². The number of amides is 1. The minimum Gasteiger partial charge on any atom is -0.497 e. The van der Waals surface area contributed by atoms with Gasteiger partial charge >= 0.3 is 12.3 Å². The standard InChI is InChI=1S/C33H31F5N6O4S/c1-20(2)26-15-14-25(47-3)17-27(26)43-29(46)19-49-31(43)41-39-18-21-6-8-22(9-7-21)30-40-28(5-4-16-45)44(42-30)23-10-12-24(13-11-23)48-33(37,38)32(34,35)36/h6-15,17-18,20,45H,4-5,16,19H2,1-3H3. The maximum absolute atomic E-state index is 13.3. The molecule has 4 aromatic rings. The summed E-state index contributed by atoms with van der Waals surface area (Å²) in [6, 6.07) is 17.1. The average molecular weight is 703 g/mol. The van der Waals surface area contributed by atoms with Crippen LogP contribution in [0.2, 0.25) is 0 Å². The van der Waals surface area contributed by atoms with Crippen LogP contribution in [0.5, 0.6) is 11.5 Å². The van der Waals surface area contributed by atoms with Crippen molar-refractivity contribution in [2.24, 2.45) is 10.2 Å². The second-order valence-corrected chi connectivity index (χ2v) is 12.0. The number of carbonyl (C=O) groups is 1. The maximum Gasteiger partial charge on any atom is 0.499 e. The number of hydrogen-bond donors (Lipinski definition) is 1. The van der Waals surface area contributed by atoms with Gasteiger partial charge in [-0.05, 0) is 53.8 Å². The Morgan fingerprint density at radius 1 is 1.02 bits per heavy atom. The molecule has 49 heavy (non-hydrogen) atoms. The second-order valence-electron chi connectivity index (χ2n) is 11.0. The third-order valence-corrected chi connectivity index (χ3v) is 8.19. The number of halogens is 5. The van der Waals surface area contributed by atoms with Gasteiger partial charge in [0.25, 0.3) is 0 Å². The van der Waals surface area contributed by atoms with Crippen LogP contribution in [0.25, 0.3) is 17.1 Å². The zero-order valence-corrected chi connectivity index (χ0v) is 27.3. The monoisotopic (exact) mass is 702 g/mol. The number of aromatic nitrogens is 3. The Kier molecular flexibility index (Phi) is 10.7. The van der Waals surface area contributed by atoms with E-state index in [9.17, 15) is 31.9 Å². The van der Waals surface area contributed by atoms with Gasteiger partial charge in [-0.3, -0.25) is 9.69 Å². The summed E-state index contributed by atoms with van der Waals surface area (Å²) in [6.45, 7) is 3.96. The van der Waals surface area contributed by atoms with Gasteiger partial charge in [0.15, 0.2) is 11.0 Å². The summed E-state index contributed by atoms with van der Waals surface area (Å²) in [6.07, 6.45) is -9.02. The molecule has 0 spiro atoms. The van der Waals surface area contributed by atoms with Crippen LogP contribution in [-0.2, 0) is 11.2 Å². The molecule has 3 aromatic carbocycles. The number of methoxy groups -OCH3 is 1. The third-order valence-electron chi connectivity index (χ3n) is 7.27. The first-order chi connectivity index (χ1) is 23.3. The number of thioether (sulfide) groups is 1. The zero-order chi connectivity index (χ0) is 35.3. The molecule has 10 nitrogen and oxygen atoms in total. The number of carbonyl (C=O) groups excluding carboxylic acids is 1. The first-order valence-corrected chi connectivity index (χ1v) is 16.0. The van der Waals surface area contributed by atoms with E-state index in [-0.39, 0.29) is 24.2 Å². The van der Waals surface area contributed by atoms with Crippen LogP contribution < -0.4 is 14.4 Å². The third kappa shape index (κ3) is 8.08. The Hall–Kier alpha value is -4.83. The molecule has 1 aliphatic heterocycles. The molecule has 2 heterocycles. The average Bonchev–Trinajstić information content (AvgIpc) is 3.66. The molecular formula is C33H31F5N6O4S. The van der Waals surface area contributed by atoms with E-state index in [4.69, 9.17) is 4.74 Å². The summed E-state index contributed by atoms with van der Waals surface area (Å²) < 4.78 is 74.9. The second kappa shape index (κ2) is 14.7. The molecule has 1 saturated heterocycles. The Labute approximate surface area is 282 Å². The summed E-state index contributed by atoms with van der Waals surface area (Å²) in [5, 5.41) is 22.9. The summed E-state index contributed by atoms with van der Waals surface area (Å²) in [7, 11) is 1.56. The normalized spacial score (nSPS) is 14.9. The number of nitrogens with zero attached hydrogens (tertiary/aromatic N) is 6. The molecule has 258 valence electrons. The molecule has 1 N–H and O–H groups in total. The molecule has 1 aliphatic rings. The molecule has 1 aromatic heterocycles. The number of aliphatic hydroxyl groups is 1. The minimum atomic E-state index is -5.87. The van der Waals surface area contributed by atoms with E-state index in [2.05, 4.69) is 25.0 Å². The van der Waals surface area contributed by atoms with Crippen molar-refractivity contribution in [1.82, 2.24) is 14.8 Å². The van der Waals surface area contributed by atoms with Gasteiger partial charge in [-0.25, -0.2) is 9.67 Å². The van der Waals surface area contributed by atoms with Gasteiger partial charge in [0.05, 0.1) is 30.5 Å². The largest absolute Gasteiger partial charge is 0.499 e. The van der Waals surface area contributed by atoms with Crippen molar-refractivity contribution in [2.45, 2.75) is 44.9 Å². The number of benzene rings is 3. The Morgan fingerprint density at radius 3 is 2.35 bits per heavy atom. The van der Waals surface area contributed by atoms with Crippen molar-refractivity contribution in [3.63, 3.8) is 0 Å².